The van der Waals surface area contributed by atoms with Gasteiger partial charge in [0, 0.05) is 19.6 Å². The SMILES string of the molecule is N#Cc1cc(-c2ccc(C[C@@H](C#N)NC(=O)C3(N)CCOCC3)cc2)ccc1F. The van der Waals surface area contributed by atoms with Gasteiger partial charge in [0.15, 0.2) is 0 Å². The number of nitrogens with two attached hydrogens (primary N) is 1. The summed E-state index contributed by atoms with van der Waals surface area (Å²) in [5.41, 5.74) is 7.57. The first-order valence-electron chi connectivity index (χ1n) is 9.31. The summed E-state index contributed by atoms with van der Waals surface area (Å²) in [6.07, 6.45) is 1.18. The Hall–Kier alpha value is -3.26. The molecular weight excluding hydrogens is 371 g/mol. The molecule has 2 aromatic rings. The van der Waals surface area contributed by atoms with Crippen molar-refractivity contribution in [2.45, 2.75) is 30.8 Å². The Labute approximate surface area is 168 Å². The Morgan fingerprint density at radius 3 is 2.45 bits per heavy atom. The van der Waals surface area contributed by atoms with Crippen molar-refractivity contribution in [1.82, 2.24) is 5.32 Å². The highest BCUT2D eigenvalue weighted by atomic mass is 19.1. The van der Waals surface area contributed by atoms with Crippen LogP contribution in [-0.4, -0.2) is 30.7 Å². The molecule has 3 rings (SSSR count). The van der Waals surface area contributed by atoms with Crippen LogP contribution in [0.2, 0.25) is 0 Å². The van der Waals surface area contributed by atoms with E-state index in [0.29, 0.717) is 32.5 Å². The van der Waals surface area contributed by atoms with E-state index in [2.05, 4.69) is 11.4 Å². The molecule has 1 aliphatic heterocycles. The summed E-state index contributed by atoms with van der Waals surface area (Å²) < 4.78 is 18.7. The fourth-order valence-corrected chi connectivity index (χ4v) is 3.25. The number of nitrogens with zero attached hydrogens (tertiary/aromatic N) is 2. The number of nitriles is 2. The first-order chi connectivity index (χ1) is 13.9. The number of halogens is 1. The molecule has 1 saturated heterocycles. The average Bonchev–Trinajstić information content (AvgIpc) is 2.74. The van der Waals surface area contributed by atoms with Gasteiger partial charge in [0.2, 0.25) is 5.91 Å². The highest BCUT2D eigenvalue weighted by Gasteiger charge is 2.36. The van der Waals surface area contributed by atoms with Crippen LogP contribution in [0, 0.1) is 28.5 Å². The fraction of sp³-hybridized carbons (Fsp3) is 0.318. The largest absolute Gasteiger partial charge is 0.381 e. The number of rotatable bonds is 5. The Morgan fingerprint density at radius 1 is 1.17 bits per heavy atom. The number of hydrogen-bond donors (Lipinski definition) is 2. The molecule has 3 N–H and O–H groups in total. The second-order valence-electron chi connectivity index (χ2n) is 7.13. The zero-order valence-electron chi connectivity index (χ0n) is 15.8. The molecule has 2 aromatic carbocycles. The first kappa shape index (κ1) is 20.5. The molecule has 0 spiro atoms. The second kappa shape index (κ2) is 8.83. The molecule has 1 heterocycles. The monoisotopic (exact) mass is 392 g/mol. The summed E-state index contributed by atoms with van der Waals surface area (Å²) in [6.45, 7) is 0.860. The van der Waals surface area contributed by atoms with E-state index in [9.17, 15) is 14.4 Å². The minimum absolute atomic E-state index is 0.0114. The topological polar surface area (TPSA) is 112 Å². The van der Waals surface area contributed by atoms with Gasteiger partial charge < -0.3 is 15.8 Å². The van der Waals surface area contributed by atoms with Gasteiger partial charge in [-0.1, -0.05) is 30.3 Å². The Morgan fingerprint density at radius 2 is 1.83 bits per heavy atom. The van der Waals surface area contributed by atoms with E-state index in [1.165, 1.54) is 12.1 Å². The first-order valence-corrected chi connectivity index (χ1v) is 9.31. The molecule has 29 heavy (non-hydrogen) atoms. The van der Waals surface area contributed by atoms with E-state index in [1.807, 2.05) is 30.3 Å². The lowest BCUT2D eigenvalue weighted by Gasteiger charge is -2.32. The van der Waals surface area contributed by atoms with Crippen molar-refractivity contribution in [1.29, 1.82) is 10.5 Å². The lowest BCUT2D eigenvalue weighted by Crippen LogP contribution is -2.58. The molecule has 148 valence electrons. The number of benzene rings is 2. The maximum absolute atomic E-state index is 13.5. The van der Waals surface area contributed by atoms with E-state index < -0.39 is 17.4 Å². The Bertz CT molecular complexity index is 970. The maximum atomic E-state index is 13.5. The third kappa shape index (κ3) is 4.78. The van der Waals surface area contributed by atoms with Gasteiger partial charge in [-0.2, -0.15) is 10.5 Å². The Balaban J connectivity index is 1.67. The van der Waals surface area contributed by atoms with Crippen molar-refractivity contribution in [2.24, 2.45) is 5.73 Å². The Kier molecular flexibility index (Phi) is 6.23. The molecule has 0 unspecified atom stereocenters. The quantitative estimate of drug-likeness (QED) is 0.812. The summed E-state index contributed by atoms with van der Waals surface area (Å²) in [7, 11) is 0. The van der Waals surface area contributed by atoms with Crippen molar-refractivity contribution in [2.75, 3.05) is 13.2 Å². The van der Waals surface area contributed by atoms with Gasteiger partial charge in [-0.15, -0.1) is 0 Å². The highest BCUT2D eigenvalue weighted by Crippen LogP contribution is 2.23. The normalized spacial score (nSPS) is 16.3. The molecule has 0 saturated carbocycles. The smallest absolute Gasteiger partial charge is 0.241 e. The van der Waals surface area contributed by atoms with Crippen LogP contribution in [0.5, 0.6) is 0 Å². The van der Waals surface area contributed by atoms with E-state index in [0.717, 1.165) is 16.7 Å². The van der Waals surface area contributed by atoms with Crippen LogP contribution in [-0.2, 0) is 16.0 Å². The lowest BCUT2D eigenvalue weighted by molar-refractivity contribution is -0.130. The van der Waals surface area contributed by atoms with Crippen LogP contribution in [0.15, 0.2) is 42.5 Å². The van der Waals surface area contributed by atoms with Gasteiger partial charge in [-0.05, 0) is 41.7 Å². The van der Waals surface area contributed by atoms with Crippen molar-refractivity contribution < 1.29 is 13.9 Å². The molecule has 0 aromatic heterocycles. The van der Waals surface area contributed by atoms with Gasteiger partial charge in [0.05, 0.1) is 17.2 Å². The van der Waals surface area contributed by atoms with Gasteiger partial charge in [-0.25, -0.2) is 4.39 Å². The summed E-state index contributed by atoms with van der Waals surface area (Å²) in [6, 6.07) is 15.0. The molecule has 0 aliphatic carbocycles. The minimum atomic E-state index is -1.00. The predicted molar refractivity (Wildman–Crippen MR) is 105 cm³/mol. The summed E-state index contributed by atoms with van der Waals surface area (Å²) >= 11 is 0. The highest BCUT2D eigenvalue weighted by molar-refractivity contribution is 5.86. The fourth-order valence-electron chi connectivity index (χ4n) is 3.25. The summed E-state index contributed by atoms with van der Waals surface area (Å²) in [4.78, 5) is 12.5. The number of carbonyl (C=O) groups excluding carboxylic acids is 1. The van der Waals surface area contributed by atoms with E-state index >= 15 is 0 Å². The number of carbonyl (C=O) groups is 1. The zero-order valence-corrected chi connectivity index (χ0v) is 15.8. The molecule has 1 aliphatic rings. The molecule has 1 atom stereocenters. The number of nitrogens with one attached hydrogen (secondary N) is 1. The zero-order chi connectivity index (χ0) is 20.9. The van der Waals surface area contributed by atoms with Crippen molar-refractivity contribution in [3.63, 3.8) is 0 Å². The van der Waals surface area contributed by atoms with Crippen molar-refractivity contribution in [3.05, 3.63) is 59.4 Å². The van der Waals surface area contributed by atoms with Gasteiger partial charge in [0.1, 0.15) is 17.9 Å². The molecule has 0 bridgehead atoms. The molecule has 6 nitrogen and oxygen atoms in total. The lowest BCUT2D eigenvalue weighted by atomic mass is 9.90. The number of hydrogen-bond acceptors (Lipinski definition) is 5. The van der Waals surface area contributed by atoms with Crippen LogP contribution in [0.4, 0.5) is 4.39 Å². The van der Waals surface area contributed by atoms with Crippen molar-refractivity contribution in [3.8, 4) is 23.3 Å². The number of amides is 1. The van der Waals surface area contributed by atoms with Crippen molar-refractivity contribution >= 4 is 5.91 Å². The molecule has 1 amide bonds. The molecule has 7 heteroatoms. The molecule has 0 radical (unpaired) electrons. The van der Waals surface area contributed by atoms with Gasteiger partial charge >= 0.3 is 0 Å². The predicted octanol–water partition coefficient (Wildman–Crippen LogP) is 2.42. The van der Waals surface area contributed by atoms with Gasteiger partial charge in [0.25, 0.3) is 0 Å². The minimum Gasteiger partial charge on any atom is -0.381 e. The average molecular weight is 392 g/mol. The van der Waals surface area contributed by atoms with Crippen LogP contribution < -0.4 is 11.1 Å². The number of ether oxygens (including phenoxy) is 1. The third-order valence-electron chi connectivity index (χ3n) is 5.11. The van der Waals surface area contributed by atoms with E-state index in [1.54, 1.807) is 6.07 Å². The van der Waals surface area contributed by atoms with Crippen LogP contribution in [0.25, 0.3) is 11.1 Å². The second-order valence-corrected chi connectivity index (χ2v) is 7.13. The van der Waals surface area contributed by atoms with Crippen LogP contribution in [0.1, 0.15) is 24.0 Å². The standard InChI is InChI=1S/C22H21FN4O2/c23-20-6-5-17(12-18(20)13-24)16-3-1-15(2-4-16)11-19(14-25)27-21(28)22(26)7-9-29-10-8-22/h1-6,12,19H,7-11,26H2,(H,27,28)/t19-/m0/s1. The summed E-state index contributed by atoms with van der Waals surface area (Å²) in [5.74, 6) is -0.887. The van der Waals surface area contributed by atoms with E-state index in [-0.39, 0.29) is 11.5 Å². The maximum Gasteiger partial charge on any atom is 0.241 e. The van der Waals surface area contributed by atoms with Gasteiger partial charge in [-0.3, -0.25) is 4.79 Å². The van der Waals surface area contributed by atoms with E-state index in [4.69, 9.17) is 15.7 Å². The van der Waals surface area contributed by atoms with Crippen LogP contribution in [0.3, 0.4) is 0 Å². The third-order valence-corrected chi connectivity index (χ3v) is 5.11. The molecular formula is C22H21FN4O2. The van der Waals surface area contributed by atoms with Crippen LogP contribution >= 0.6 is 0 Å². The molecule has 1 fully saturated rings. The summed E-state index contributed by atoms with van der Waals surface area (Å²) in [5, 5.41) is 21.1.